The Morgan fingerprint density at radius 2 is 2.04 bits per heavy atom. The van der Waals surface area contributed by atoms with Gasteiger partial charge in [-0.3, -0.25) is 4.99 Å². The quantitative estimate of drug-likeness (QED) is 0.242. The zero-order valence-corrected chi connectivity index (χ0v) is 17.6. The fourth-order valence-corrected chi connectivity index (χ4v) is 2.77. The molecular weight excluding hydrogens is 482 g/mol. The lowest BCUT2D eigenvalue weighted by atomic mass is 9.96. The summed E-state index contributed by atoms with van der Waals surface area (Å²) in [4.78, 5) is 4.13. The summed E-state index contributed by atoms with van der Waals surface area (Å²) in [5.41, 5.74) is 1.29. The fraction of sp³-hybridized carbons (Fsp3) is 0.588. The van der Waals surface area contributed by atoms with Crippen LogP contribution in [-0.4, -0.2) is 45.5 Å². The number of halogens is 5. The van der Waals surface area contributed by atoms with E-state index in [9.17, 15) is 13.2 Å². The first-order chi connectivity index (χ1) is 11.8. The first kappa shape index (κ1) is 23.3. The van der Waals surface area contributed by atoms with Crippen LogP contribution in [0.5, 0.6) is 0 Å². The highest BCUT2D eigenvalue weighted by molar-refractivity contribution is 14.0. The van der Waals surface area contributed by atoms with Crippen LogP contribution in [0, 0.1) is 0 Å². The van der Waals surface area contributed by atoms with E-state index in [4.69, 9.17) is 11.6 Å². The van der Waals surface area contributed by atoms with Gasteiger partial charge in [-0.15, -0.1) is 24.0 Å². The molecule has 0 spiro atoms. The molecule has 2 N–H and O–H groups in total. The predicted molar refractivity (Wildman–Crippen MR) is 109 cm³/mol. The topological polar surface area (TPSA) is 45.7 Å². The van der Waals surface area contributed by atoms with Gasteiger partial charge >= 0.3 is 6.18 Å². The van der Waals surface area contributed by atoms with Gasteiger partial charge in [0, 0.05) is 37.2 Å². The number of hydrogen-bond donors (Lipinski definition) is 2. The maximum atomic E-state index is 12.0. The molecule has 1 aromatic rings. The first-order valence-corrected chi connectivity index (χ1v) is 8.57. The first-order valence-electron chi connectivity index (χ1n) is 8.20. The molecule has 0 atom stereocenters. The molecule has 0 amide bonds. The van der Waals surface area contributed by atoms with Crippen LogP contribution in [-0.2, 0) is 10.2 Å². The minimum absolute atomic E-state index is 0. The third-order valence-corrected chi connectivity index (χ3v) is 4.37. The van der Waals surface area contributed by atoms with Crippen molar-refractivity contribution in [3.8, 4) is 0 Å². The number of ether oxygens (including phenoxy) is 1. The molecule has 26 heavy (non-hydrogen) atoms. The lowest BCUT2D eigenvalue weighted by molar-refractivity contribution is -0.173. The van der Waals surface area contributed by atoms with E-state index in [1.165, 1.54) is 5.56 Å². The van der Waals surface area contributed by atoms with Gasteiger partial charge in [-0.05, 0) is 37.0 Å². The van der Waals surface area contributed by atoms with E-state index in [0.717, 1.165) is 24.4 Å². The summed E-state index contributed by atoms with van der Waals surface area (Å²) >= 11 is 6.07. The standard InChI is InChI=1S/C17H23ClF3N3O.HI/c1-22-15(23-8-3-9-25-12-17(19,20)21)24-11-16(6-7-16)13-4-2-5-14(18)10-13;/h2,4-5,10H,3,6-9,11-12H2,1H3,(H2,22,23,24);1H. The molecule has 0 aliphatic heterocycles. The van der Waals surface area contributed by atoms with E-state index in [1.54, 1.807) is 7.05 Å². The minimum atomic E-state index is -4.27. The molecule has 1 aliphatic carbocycles. The third-order valence-electron chi connectivity index (χ3n) is 4.13. The van der Waals surface area contributed by atoms with Crippen molar-refractivity contribution in [3.63, 3.8) is 0 Å². The van der Waals surface area contributed by atoms with Gasteiger partial charge in [0.15, 0.2) is 5.96 Å². The van der Waals surface area contributed by atoms with Crippen LogP contribution in [0.4, 0.5) is 13.2 Å². The number of nitrogens with one attached hydrogen (secondary N) is 2. The van der Waals surface area contributed by atoms with Crippen LogP contribution < -0.4 is 10.6 Å². The summed E-state index contributed by atoms with van der Waals surface area (Å²) in [6.45, 7) is 0.0668. The summed E-state index contributed by atoms with van der Waals surface area (Å²) in [5, 5.41) is 7.09. The van der Waals surface area contributed by atoms with Gasteiger partial charge in [0.2, 0.25) is 0 Å². The van der Waals surface area contributed by atoms with Gasteiger partial charge in [-0.25, -0.2) is 0 Å². The number of benzene rings is 1. The van der Waals surface area contributed by atoms with Crippen LogP contribution >= 0.6 is 35.6 Å². The average Bonchev–Trinajstić information content (AvgIpc) is 3.34. The van der Waals surface area contributed by atoms with Gasteiger partial charge in [0.25, 0.3) is 0 Å². The normalized spacial score (nSPS) is 16.0. The molecule has 0 bridgehead atoms. The fourth-order valence-electron chi connectivity index (χ4n) is 2.58. The SMILES string of the molecule is CN=C(NCCCOCC(F)(F)F)NCC1(c2cccc(Cl)c2)CC1.I. The van der Waals surface area contributed by atoms with Crippen molar-refractivity contribution in [1.29, 1.82) is 0 Å². The molecule has 0 unspecified atom stereocenters. The van der Waals surface area contributed by atoms with E-state index in [2.05, 4.69) is 26.4 Å². The summed E-state index contributed by atoms with van der Waals surface area (Å²) in [7, 11) is 1.66. The second-order valence-corrected chi connectivity index (χ2v) is 6.60. The average molecular weight is 506 g/mol. The number of hydrogen-bond acceptors (Lipinski definition) is 2. The molecule has 2 rings (SSSR count). The van der Waals surface area contributed by atoms with Crippen molar-refractivity contribution < 1.29 is 17.9 Å². The summed E-state index contributed by atoms with van der Waals surface area (Å²) in [5.74, 6) is 0.629. The molecule has 1 fully saturated rings. The summed E-state index contributed by atoms with van der Waals surface area (Å²) in [6.07, 6.45) is -1.63. The molecule has 0 aromatic heterocycles. The minimum Gasteiger partial charge on any atom is -0.372 e. The molecule has 9 heteroatoms. The van der Waals surface area contributed by atoms with Gasteiger partial charge in [-0.2, -0.15) is 13.2 Å². The Morgan fingerprint density at radius 1 is 1.31 bits per heavy atom. The van der Waals surface area contributed by atoms with Crippen molar-refractivity contribution >= 4 is 41.5 Å². The van der Waals surface area contributed by atoms with Crippen LogP contribution in [0.3, 0.4) is 0 Å². The molecule has 1 saturated carbocycles. The zero-order valence-electron chi connectivity index (χ0n) is 14.5. The summed E-state index contributed by atoms with van der Waals surface area (Å²) in [6, 6.07) is 7.88. The molecular formula is C17H24ClF3IN3O. The highest BCUT2D eigenvalue weighted by Gasteiger charge is 2.44. The van der Waals surface area contributed by atoms with Crippen LogP contribution in [0.25, 0.3) is 0 Å². The van der Waals surface area contributed by atoms with E-state index < -0.39 is 12.8 Å². The Morgan fingerprint density at radius 3 is 2.62 bits per heavy atom. The Kier molecular flexibility index (Phi) is 9.46. The van der Waals surface area contributed by atoms with Crippen LogP contribution in [0.15, 0.2) is 29.3 Å². The molecule has 0 radical (unpaired) electrons. The van der Waals surface area contributed by atoms with Gasteiger partial charge in [-0.1, -0.05) is 23.7 Å². The van der Waals surface area contributed by atoms with E-state index in [0.29, 0.717) is 18.9 Å². The van der Waals surface area contributed by atoms with Crippen molar-refractivity contribution in [1.82, 2.24) is 10.6 Å². The maximum absolute atomic E-state index is 12.0. The second-order valence-electron chi connectivity index (χ2n) is 6.16. The van der Waals surface area contributed by atoms with E-state index >= 15 is 0 Å². The number of guanidine groups is 1. The molecule has 1 aromatic carbocycles. The van der Waals surface area contributed by atoms with Crippen LogP contribution in [0.1, 0.15) is 24.8 Å². The summed E-state index contributed by atoms with van der Waals surface area (Å²) < 4.78 is 40.4. The number of nitrogens with zero attached hydrogens (tertiary/aromatic N) is 1. The largest absolute Gasteiger partial charge is 0.411 e. The van der Waals surface area contributed by atoms with E-state index in [-0.39, 0.29) is 36.0 Å². The Hall–Kier alpha value is -0.740. The monoisotopic (exact) mass is 505 g/mol. The van der Waals surface area contributed by atoms with E-state index in [1.807, 2.05) is 18.2 Å². The lowest BCUT2D eigenvalue weighted by Crippen LogP contribution is -2.41. The smallest absolute Gasteiger partial charge is 0.372 e. The molecule has 0 heterocycles. The highest BCUT2D eigenvalue weighted by Crippen LogP contribution is 2.48. The number of aliphatic imine (C=N–C) groups is 1. The van der Waals surface area contributed by atoms with Gasteiger partial charge < -0.3 is 15.4 Å². The van der Waals surface area contributed by atoms with Crippen molar-refractivity contribution in [3.05, 3.63) is 34.9 Å². The van der Waals surface area contributed by atoms with Gasteiger partial charge in [0.1, 0.15) is 6.61 Å². The molecule has 4 nitrogen and oxygen atoms in total. The maximum Gasteiger partial charge on any atom is 0.411 e. The zero-order chi connectivity index (χ0) is 18.3. The van der Waals surface area contributed by atoms with Crippen LogP contribution in [0.2, 0.25) is 5.02 Å². The number of rotatable bonds is 8. The van der Waals surface area contributed by atoms with Gasteiger partial charge in [0.05, 0.1) is 0 Å². The molecule has 1 aliphatic rings. The highest BCUT2D eigenvalue weighted by atomic mass is 127. The van der Waals surface area contributed by atoms with Crippen molar-refractivity contribution in [2.24, 2.45) is 4.99 Å². The Balaban J connectivity index is 0.00000338. The third kappa shape index (κ3) is 7.87. The Bertz CT molecular complexity index is 595. The lowest BCUT2D eigenvalue weighted by Gasteiger charge is -2.19. The predicted octanol–water partition coefficient (Wildman–Crippen LogP) is 4.12. The van der Waals surface area contributed by atoms with Crippen molar-refractivity contribution in [2.45, 2.75) is 30.9 Å². The molecule has 0 saturated heterocycles. The molecule has 148 valence electrons. The van der Waals surface area contributed by atoms with Crippen molar-refractivity contribution in [2.75, 3.05) is 33.4 Å². The Labute approximate surface area is 173 Å². The number of alkyl halides is 3. The second kappa shape index (κ2) is 10.6.